The third-order valence-corrected chi connectivity index (χ3v) is 4.44. The predicted molar refractivity (Wildman–Crippen MR) is 92.8 cm³/mol. The van der Waals surface area contributed by atoms with Crippen molar-refractivity contribution in [3.8, 4) is 0 Å². The Bertz CT molecular complexity index is 686. The fraction of sp³-hybridized carbons (Fsp3) is 0.444. The Labute approximate surface area is 137 Å². The second-order valence-corrected chi connectivity index (χ2v) is 6.32. The van der Waals surface area contributed by atoms with Crippen molar-refractivity contribution >= 4 is 17.4 Å². The van der Waals surface area contributed by atoms with E-state index in [2.05, 4.69) is 33.9 Å². The Morgan fingerprint density at radius 2 is 2.04 bits per heavy atom. The molecule has 3 rings (SSSR count). The molecule has 1 aromatic heterocycles. The zero-order valence-electron chi connectivity index (χ0n) is 13.8. The first kappa shape index (κ1) is 15.6. The van der Waals surface area contributed by atoms with Crippen LogP contribution in [0.3, 0.4) is 0 Å². The molecule has 0 unspecified atom stereocenters. The van der Waals surface area contributed by atoms with Crippen molar-refractivity contribution in [2.75, 3.05) is 17.2 Å². The summed E-state index contributed by atoms with van der Waals surface area (Å²) in [4.78, 5) is 12.2. The van der Waals surface area contributed by atoms with Crippen molar-refractivity contribution < 1.29 is 4.79 Å². The van der Waals surface area contributed by atoms with Crippen molar-refractivity contribution in [3.05, 3.63) is 41.6 Å². The zero-order valence-corrected chi connectivity index (χ0v) is 13.8. The topological polar surface area (TPSA) is 59.0 Å². The number of benzene rings is 1. The highest BCUT2D eigenvalue weighted by atomic mass is 16.2. The summed E-state index contributed by atoms with van der Waals surface area (Å²) in [6.45, 7) is 4.33. The van der Waals surface area contributed by atoms with Gasteiger partial charge >= 0.3 is 0 Å². The molecule has 122 valence electrons. The lowest BCUT2D eigenvalue weighted by molar-refractivity contribution is -0.114. The molecule has 5 heteroatoms. The summed E-state index contributed by atoms with van der Waals surface area (Å²) < 4.78 is 1.96. The van der Waals surface area contributed by atoms with Crippen LogP contribution in [0.25, 0.3) is 0 Å². The third-order valence-electron chi connectivity index (χ3n) is 4.44. The van der Waals surface area contributed by atoms with Crippen LogP contribution in [0, 0.1) is 13.8 Å². The third kappa shape index (κ3) is 3.73. The van der Waals surface area contributed by atoms with Crippen molar-refractivity contribution in [3.63, 3.8) is 0 Å². The van der Waals surface area contributed by atoms with E-state index in [1.54, 1.807) is 6.20 Å². The predicted octanol–water partition coefficient (Wildman–Crippen LogP) is 3.67. The number of aryl methyl sites for hydroxylation is 2. The van der Waals surface area contributed by atoms with Gasteiger partial charge in [-0.1, -0.05) is 25.0 Å². The van der Waals surface area contributed by atoms with E-state index < -0.39 is 0 Å². The smallest absolute Gasteiger partial charge is 0.244 e. The van der Waals surface area contributed by atoms with Crippen molar-refractivity contribution in [2.45, 2.75) is 45.6 Å². The van der Waals surface area contributed by atoms with Crippen LogP contribution in [0.5, 0.6) is 0 Å². The SMILES string of the molecule is Cc1ccc(C)c(NCC(=O)Nc2ccnn2C2CCCC2)c1. The normalized spacial score (nSPS) is 14.9. The van der Waals surface area contributed by atoms with E-state index in [0.717, 1.165) is 29.9 Å². The molecule has 0 saturated heterocycles. The van der Waals surface area contributed by atoms with Crippen molar-refractivity contribution in [1.29, 1.82) is 0 Å². The van der Waals surface area contributed by atoms with Gasteiger partial charge in [-0.3, -0.25) is 4.79 Å². The van der Waals surface area contributed by atoms with Crippen LogP contribution in [0.2, 0.25) is 0 Å². The molecular formula is C18H24N4O. The van der Waals surface area contributed by atoms with Crippen LogP contribution in [0.15, 0.2) is 30.5 Å². The number of nitrogens with zero attached hydrogens (tertiary/aromatic N) is 2. The fourth-order valence-electron chi connectivity index (χ4n) is 3.14. The molecule has 2 aromatic rings. The van der Waals surface area contributed by atoms with E-state index in [-0.39, 0.29) is 12.5 Å². The minimum absolute atomic E-state index is 0.0503. The molecule has 1 aliphatic rings. The largest absolute Gasteiger partial charge is 0.376 e. The lowest BCUT2D eigenvalue weighted by Crippen LogP contribution is -2.24. The molecule has 0 atom stereocenters. The summed E-state index contributed by atoms with van der Waals surface area (Å²) in [6.07, 6.45) is 6.53. The van der Waals surface area contributed by atoms with Gasteiger partial charge in [-0.15, -0.1) is 0 Å². The molecular weight excluding hydrogens is 288 g/mol. The van der Waals surface area contributed by atoms with Crippen LogP contribution in [0.1, 0.15) is 42.9 Å². The van der Waals surface area contributed by atoms with E-state index >= 15 is 0 Å². The van der Waals surface area contributed by atoms with Crippen LogP contribution in [-0.2, 0) is 4.79 Å². The van der Waals surface area contributed by atoms with Gasteiger partial charge in [0.1, 0.15) is 5.82 Å². The van der Waals surface area contributed by atoms with Crippen molar-refractivity contribution in [1.82, 2.24) is 9.78 Å². The summed E-state index contributed by atoms with van der Waals surface area (Å²) in [7, 11) is 0. The standard InChI is InChI=1S/C18H24N4O/c1-13-7-8-14(2)16(11-13)19-12-18(23)21-17-9-10-20-22(17)15-5-3-4-6-15/h7-11,15,19H,3-6,12H2,1-2H3,(H,21,23). The molecule has 0 spiro atoms. The second kappa shape index (κ2) is 6.86. The molecule has 2 N–H and O–H groups in total. The average molecular weight is 312 g/mol. The van der Waals surface area contributed by atoms with E-state index in [1.165, 1.54) is 18.4 Å². The van der Waals surface area contributed by atoms with E-state index in [1.807, 2.05) is 24.6 Å². The first-order chi connectivity index (χ1) is 11.1. The number of hydrogen-bond donors (Lipinski definition) is 2. The molecule has 23 heavy (non-hydrogen) atoms. The molecule has 5 nitrogen and oxygen atoms in total. The molecule has 0 radical (unpaired) electrons. The monoisotopic (exact) mass is 312 g/mol. The van der Waals surface area contributed by atoms with Crippen LogP contribution in [-0.4, -0.2) is 22.2 Å². The van der Waals surface area contributed by atoms with E-state index in [0.29, 0.717) is 6.04 Å². The molecule has 1 saturated carbocycles. The summed E-state index contributed by atoms with van der Waals surface area (Å²) in [5.41, 5.74) is 3.32. The van der Waals surface area contributed by atoms with Crippen LogP contribution < -0.4 is 10.6 Å². The van der Waals surface area contributed by atoms with Crippen LogP contribution in [0.4, 0.5) is 11.5 Å². The van der Waals surface area contributed by atoms with Gasteiger partial charge in [0.2, 0.25) is 5.91 Å². The van der Waals surface area contributed by atoms with Gasteiger partial charge in [0, 0.05) is 11.8 Å². The molecule has 0 bridgehead atoms. The quantitative estimate of drug-likeness (QED) is 0.885. The summed E-state index contributed by atoms with van der Waals surface area (Å²) >= 11 is 0. The maximum atomic E-state index is 12.2. The average Bonchev–Trinajstić information content (AvgIpc) is 3.19. The summed E-state index contributed by atoms with van der Waals surface area (Å²) in [5.74, 6) is 0.746. The minimum Gasteiger partial charge on any atom is -0.376 e. The Morgan fingerprint density at radius 1 is 1.26 bits per heavy atom. The van der Waals surface area contributed by atoms with E-state index in [9.17, 15) is 4.79 Å². The van der Waals surface area contributed by atoms with Crippen molar-refractivity contribution in [2.24, 2.45) is 0 Å². The number of rotatable bonds is 5. The molecule has 1 fully saturated rings. The number of amides is 1. The highest BCUT2D eigenvalue weighted by molar-refractivity contribution is 5.93. The van der Waals surface area contributed by atoms with E-state index in [4.69, 9.17) is 0 Å². The number of nitrogens with one attached hydrogen (secondary N) is 2. The van der Waals surface area contributed by atoms with Gasteiger partial charge in [-0.25, -0.2) is 4.68 Å². The van der Waals surface area contributed by atoms with Gasteiger partial charge in [-0.2, -0.15) is 5.10 Å². The molecule has 1 aromatic carbocycles. The Kier molecular flexibility index (Phi) is 4.65. The maximum absolute atomic E-state index is 12.2. The number of carbonyl (C=O) groups excluding carboxylic acids is 1. The fourth-order valence-corrected chi connectivity index (χ4v) is 3.14. The van der Waals surface area contributed by atoms with Gasteiger partial charge in [-0.05, 0) is 43.9 Å². The van der Waals surface area contributed by atoms with Gasteiger partial charge in [0.15, 0.2) is 0 Å². The molecule has 0 aliphatic heterocycles. The lowest BCUT2D eigenvalue weighted by Gasteiger charge is -2.15. The zero-order chi connectivity index (χ0) is 16.2. The first-order valence-electron chi connectivity index (χ1n) is 8.28. The number of anilines is 2. The maximum Gasteiger partial charge on any atom is 0.244 e. The number of hydrogen-bond acceptors (Lipinski definition) is 3. The first-order valence-corrected chi connectivity index (χ1v) is 8.28. The number of carbonyl (C=O) groups is 1. The minimum atomic E-state index is -0.0503. The van der Waals surface area contributed by atoms with Crippen LogP contribution >= 0.6 is 0 Å². The molecule has 1 aliphatic carbocycles. The van der Waals surface area contributed by atoms with Gasteiger partial charge in [0.25, 0.3) is 0 Å². The van der Waals surface area contributed by atoms with Gasteiger partial charge in [0.05, 0.1) is 18.8 Å². The second-order valence-electron chi connectivity index (χ2n) is 6.32. The highest BCUT2D eigenvalue weighted by Gasteiger charge is 2.20. The number of aromatic nitrogens is 2. The Morgan fingerprint density at radius 3 is 2.83 bits per heavy atom. The van der Waals surface area contributed by atoms with Gasteiger partial charge < -0.3 is 10.6 Å². The molecule has 1 heterocycles. The molecule has 1 amide bonds. The Hall–Kier alpha value is -2.30. The lowest BCUT2D eigenvalue weighted by atomic mass is 10.1. The summed E-state index contributed by atoms with van der Waals surface area (Å²) in [5, 5.41) is 10.6. The highest BCUT2D eigenvalue weighted by Crippen LogP contribution is 2.31. The summed E-state index contributed by atoms with van der Waals surface area (Å²) in [6, 6.07) is 8.48. The Balaban J connectivity index is 1.59.